The number of benzene rings is 1. The van der Waals surface area contributed by atoms with Gasteiger partial charge in [0.25, 0.3) is 0 Å². The third-order valence-electron chi connectivity index (χ3n) is 3.24. The van der Waals surface area contributed by atoms with Crippen LogP contribution < -0.4 is 5.32 Å². The Balaban J connectivity index is 1.72. The largest absolute Gasteiger partial charge is 0.463 e. The Morgan fingerprint density at radius 2 is 1.86 bits per heavy atom. The van der Waals surface area contributed by atoms with Crippen LogP contribution in [0, 0.1) is 0 Å². The summed E-state index contributed by atoms with van der Waals surface area (Å²) in [5.41, 5.74) is 2.00. The van der Waals surface area contributed by atoms with Crippen LogP contribution in [-0.4, -0.2) is 20.5 Å². The molecule has 0 aliphatic heterocycles. The van der Waals surface area contributed by atoms with E-state index in [1.54, 1.807) is 0 Å². The van der Waals surface area contributed by atoms with E-state index in [-0.39, 0.29) is 5.54 Å². The molecular weight excluding hydrogens is 264 g/mol. The minimum Gasteiger partial charge on any atom is -0.463 e. The number of aromatic nitrogens is 3. The molecule has 0 radical (unpaired) electrons. The monoisotopic (exact) mass is 284 g/mol. The molecule has 5 heteroatoms. The maximum Gasteiger partial charge on any atom is 0.125 e. The second kappa shape index (κ2) is 5.33. The highest BCUT2D eigenvalue weighted by atomic mass is 16.3. The molecule has 3 rings (SSSR count). The van der Waals surface area contributed by atoms with Gasteiger partial charge in [0.2, 0.25) is 0 Å². The van der Waals surface area contributed by atoms with Gasteiger partial charge in [-0.25, -0.2) is 4.68 Å². The summed E-state index contributed by atoms with van der Waals surface area (Å²) in [5.74, 6) is 1.82. The Hall–Kier alpha value is -2.14. The minimum absolute atomic E-state index is 0.0784. The number of hydrogen-bond acceptors (Lipinski definition) is 4. The van der Waals surface area contributed by atoms with Crippen molar-refractivity contribution in [3.63, 3.8) is 0 Å². The highest BCUT2D eigenvalue weighted by molar-refractivity contribution is 5.73. The third kappa shape index (κ3) is 3.31. The molecule has 21 heavy (non-hydrogen) atoms. The lowest BCUT2D eigenvalue weighted by atomic mass is 10.1. The predicted molar refractivity (Wildman–Crippen MR) is 81.9 cm³/mol. The predicted octanol–water partition coefficient (Wildman–Crippen LogP) is 2.96. The summed E-state index contributed by atoms with van der Waals surface area (Å²) >= 11 is 0. The molecule has 110 valence electrons. The van der Waals surface area contributed by atoms with Crippen molar-refractivity contribution in [3.05, 3.63) is 47.9 Å². The lowest BCUT2D eigenvalue weighted by Crippen LogP contribution is -2.34. The Morgan fingerprint density at radius 1 is 1.10 bits per heavy atom. The minimum atomic E-state index is 0.0784. The first-order chi connectivity index (χ1) is 10.0. The van der Waals surface area contributed by atoms with E-state index in [2.05, 4.69) is 36.4 Å². The molecule has 2 aromatic heterocycles. The number of para-hydroxylation sites is 1. The number of fused-ring (bicyclic) bond motifs is 1. The van der Waals surface area contributed by atoms with Gasteiger partial charge in [-0.05, 0) is 45.0 Å². The normalized spacial score (nSPS) is 12.1. The molecule has 0 amide bonds. The Morgan fingerprint density at radius 3 is 2.67 bits per heavy atom. The molecule has 1 aromatic carbocycles. The van der Waals surface area contributed by atoms with Crippen molar-refractivity contribution in [1.82, 2.24) is 20.3 Å². The van der Waals surface area contributed by atoms with Crippen molar-refractivity contribution < 1.29 is 4.42 Å². The number of hydrogen-bond donors (Lipinski definition) is 1. The van der Waals surface area contributed by atoms with Crippen molar-refractivity contribution >= 4 is 11.0 Å². The van der Waals surface area contributed by atoms with E-state index in [0.29, 0.717) is 6.54 Å². The van der Waals surface area contributed by atoms with E-state index < -0.39 is 0 Å². The summed E-state index contributed by atoms with van der Waals surface area (Å²) in [5, 5.41) is 11.7. The summed E-state index contributed by atoms with van der Waals surface area (Å²) in [7, 11) is 0. The second-order valence-electron chi connectivity index (χ2n) is 6.21. The van der Waals surface area contributed by atoms with E-state index in [9.17, 15) is 0 Å². The van der Waals surface area contributed by atoms with E-state index >= 15 is 0 Å². The lowest BCUT2D eigenvalue weighted by molar-refractivity contribution is 0.374. The van der Waals surface area contributed by atoms with E-state index in [4.69, 9.17) is 4.42 Å². The maximum absolute atomic E-state index is 5.85. The van der Waals surface area contributed by atoms with Gasteiger partial charge in [-0.2, -0.15) is 0 Å². The van der Waals surface area contributed by atoms with Crippen LogP contribution in [0.15, 0.2) is 40.8 Å². The van der Waals surface area contributed by atoms with Crippen molar-refractivity contribution in [1.29, 1.82) is 0 Å². The van der Waals surface area contributed by atoms with Gasteiger partial charge in [-0.15, -0.1) is 5.10 Å². The van der Waals surface area contributed by atoms with Crippen molar-refractivity contribution in [2.75, 3.05) is 0 Å². The van der Waals surface area contributed by atoms with E-state index in [1.165, 1.54) is 0 Å². The third-order valence-corrected chi connectivity index (χ3v) is 3.24. The van der Waals surface area contributed by atoms with Crippen LogP contribution in [0.3, 0.4) is 0 Å². The highest BCUT2D eigenvalue weighted by Gasteiger charge is 2.11. The van der Waals surface area contributed by atoms with Crippen LogP contribution in [0.4, 0.5) is 0 Å². The molecule has 0 saturated carbocycles. The second-order valence-corrected chi connectivity index (χ2v) is 6.21. The fourth-order valence-electron chi connectivity index (χ4n) is 2.14. The van der Waals surface area contributed by atoms with Gasteiger partial charge < -0.3 is 9.73 Å². The molecular formula is C16H20N4O. The number of rotatable bonds is 4. The smallest absolute Gasteiger partial charge is 0.125 e. The zero-order valence-electron chi connectivity index (χ0n) is 12.6. The molecule has 0 atom stereocenters. The first-order valence-corrected chi connectivity index (χ1v) is 7.12. The summed E-state index contributed by atoms with van der Waals surface area (Å²) in [6.45, 7) is 7.73. The van der Waals surface area contributed by atoms with E-state index in [0.717, 1.165) is 29.1 Å². The van der Waals surface area contributed by atoms with Gasteiger partial charge in [0.05, 0.1) is 12.1 Å². The molecule has 0 fully saturated rings. The summed E-state index contributed by atoms with van der Waals surface area (Å²) in [6.07, 6.45) is 0. The maximum atomic E-state index is 5.85. The fraction of sp³-hybridized carbons (Fsp3) is 0.375. The average molecular weight is 284 g/mol. The molecule has 1 N–H and O–H groups in total. The van der Waals surface area contributed by atoms with Crippen molar-refractivity contribution in [3.8, 4) is 0 Å². The van der Waals surface area contributed by atoms with Gasteiger partial charge in [-0.3, -0.25) is 0 Å². The van der Waals surface area contributed by atoms with Crippen LogP contribution >= 0.6 is 0 Å². The van der Waals surface area contributed by atoms with Gasteiger partial charge in [0, 0.05) is 5.54 Å². The van der Waals surface area contributed by atoms with Crippen molar-refractivity contribution in [2.45, 2.75) is 39.4 Å². The van der Waals surface area contributed by atoms with E-state index in [1.807, 2.05) is 41.1 Å². The molecule has 0 aliphatic carbocycles. The van der Waals surface area contributed by atoms with Gasteiger partial charge in [0.1, 0.15) is 23.6 Å². The summed E-state index contributed by atoms with van der Waals surface area (Å²) in [6, 6.07) is 11.9. The average Bonchev–Trinajstić information content (AvgIpc) is 3.04. The lowest BCUT2D eigenvalue weighted by Gasteiger charge is -2.19. The van der Waals surface area contributed by atoms with Gasteiger partial charge in [-0.1, -0.05) is 17.3 Å². The topological polar surface area (TPSA) is 55.9 Å². The summed E-state index contributed by atoms with van der Waals surface area (Å²) in [4.78, 5) is 0. The number of furan rings is 1. The van der Waals surface area contributed by atoms with Crippen LogP contribution in [0.2, 0.25) is 0 Å². The van der Waals surface area contributed by atoms with Crippen LogP contribution in [0.25, 0.3) is 11.0 Å². The first-order valence-electron chi connectivity index (χ1n) is 7.12. The van der Waals surface area contributed by atoms with Crippen LogP contribution in [-0.2, 0) is 13.1 Å². The van der Waals surface area contributed by atoms with Gasteiger partial charge >= 0.3 is 0 Å². The number of nitrogens with one attached hydrogen (secondary N) is 1. The van der Waals surface area contributed by atoms with Crippen LogP contribution in [0.5, 0.6) is 0 Å². The van der Waals surface area contributed by atoms with Crippen LogP contribution in [0.1, 0.15) is 32.3 Å². The standard InChI is InChI=1S/C16H20N4O/c1-16(2,3)17-10-12-8-9-13(21-12)11-20-15-7-5-4-6-14(15)18-19-20/h4-9,17H,10-11H2,1-3H3. The molecule has 0 saturated heterocycles. The zero-order valence-corrected chi connectivity index (χ0v) is 12.6. The Bertz CT molecular complexity index is 736. The summed E-state index contributed by atoms with van der Waals surface area (Å²) < 4.78 is 7.71. The molecule has 5 nitrogen and oxygen atoms in total. The molecule has 3 aromatic rings. The fourth-order valence-corrected chi connectivity index (χ4v) is 2.14. The Labute approximate surface area is 123 Å². The highest BCUT2D eigenvalue weighted by Crippen LogP contribution is 2.14. The van der Waals surface area contributed by atoms with Crippen molar-refractivity contribution in [2.24, 2.45) is 0 Å². The van der Waals surface area contributed by atoms with Gasteiger partial charge in [0.15, 0.2) is 0 Å². The SMILES string of the molecule is CC(C)(C)NCc1ccc(Cn2nnc3ccccc32)o1. The molecule has 0 aliphatic rings. The molecule has 0 bridgehead atoms. The Kier molecular flexibility index (Phi) is 3.51. The zero-order chi connectivity index (χ0) is 14.9. The molecule has 0 spiro atoms. The molecule has 0 unspecified atom stereocenters. The number of nitrogens with zero attached hydrogens (tertiary/aromatic N) is 3. The first kappa shape index (κ1) is 13.8. The quantitative estimate of drug-likeness (QED) is 0.800. The molecule has 2 heterocycles.